The minimum atomic E-state index is -3.72. The van der Waals surface area contributed by atoms with E-state index in [1.165, 1.54) is 58.9 Å². The van der Waals surface area contributed by atoms with Crippen molar-refractivity contribution in [3.8, 4) is 5.75 Å². The molecule has 1 aliphatic heterocycles. The molecular formula is C27H30FN3O7S2. The molecule has 0 spiro atoms. The first-order valence-corrected chi connectivity index (χ1v) is 15.7. The topological polar surface area (TPSA) is 122 Å². The summed E-state index contributed by atoms with van der Waals surface area (Å²) < 4.78 is 77.5. The van der Waals surface area contributed by atoms with Crippen LogP contribution in [0.1, 0.15) is 15.9 Å². The Hall–Kier alpha value is -3.52. The van der Waals surface area contributed by atoms with Gasteiger partial charge in [0.1, 0.15) is 18.2 Å². The van der Waals surface area contributed by atoms with Crippen LogP contribution in [-0.4, -0.2) is 72.8 Å². The Morgan fingerprint density at radius 3 is 2.25 bits per heavy atom. The Morgan fingerprint density at radius 2 is 1.62 bits per heavy atom. The number of hydrogen-bond donors (Lipinski definition) is 1. The van der Waals surface area contributed by atoms with Gasteiger partial charge in [-0.1, -0.05) is 18.2 Å². The largest absolute Gasteiger partial charge is 0.492 e. The molecule has 0 saturated carbocycles. The van der Waals surface area contributed by atoms with E-state index in [1.807, 2.05) is 0 Å². The molecular weight excluding hydrogens is 561 g/mol. The quantitative estimate of drug-likeness (QED) is 0.340. The summed E-state index contributed by atoms with van der Waals surface area (Å²) in [5, 5.41) is 2.71. The summed E-state index contributed by atoms with van der Waals surface area (Å²) >= 11 is 0. The monoisotopic (exact) mass is 591 g/mol. The van der Waals surface area contributed by atoms with Gasteiger partial charge in [-0.3, -0.25) is 9.10 Å². The van der Waals surface area contributed by atoms with Crippen LogP contribution in [0.3, 0.4) is 0 Å². The lowest BCUT2D eigenvalue weighted by Gasteiger charge is -2.26. The number of benzene rings is 3. The number of carbonyl (C=O) groups is 1. The van der Waals surface area contributed by atoms with Crippen molar-refractivity contribution in [1.29, 1.82) is 0 Å². The minimum absolute atomic E-state index is 0.143. The SMILES string of the molecule is CS(=O)(=O)N(Cc1ccccc1F)c1ccc(C(=O)NCCOc2ccc(S(=O)(=O)N3CCOCC3)cc2)cc1. The van der Waals surface area contributed by atoms with Gasteiger partial charge in [0.2, 0.25) is 20.0 Å². The number of carbonyl (C=O) groups excluding carboxylic acids is 1. The van der Waals surface area contributed by atoms with Gasteiger partial charge in [0.15, 0.2) is 0 Å². The van der Waals surface area contributed by atoms with Gasteiger partial charge in [-0.15, -0.1) is 0 Å². The highest BCUT2D eigenvalue weighted by molar-refractivity contribution is 7.92. The zero-order valence-corrected chi connectivity index (χ0v) is 23.5. The van der Waals surface area contributed by atoms with Crippen LogP contribution < -0.4 is 14.4 Å². The van der Waals surface area contributed by atoms with Gasteiger partial charge in [0.05, 0.1) is 43.1 Å². The van der Waals surface area contributed by atoms with E-state index in [9.17, 15) is 26.0 Å². The van der Waals surface area contributed by atoms with E-state index in [0.717, 1.165) is 10.6 Å². The minimum Gasteiger partial charge on any atom is -0.492 e. The third-order valence-electron chi connectivity index (χ3n) is 6.18. The molecule has 0 aliphatic carbocycles. The smallest absolute Gasteiger partial charge is 0.251 e. The molecule has 214 valence electrons. The second-order valence-electron chi connectivity index (χ2n) is 9.00. The number of morpholine rings is 1. The lowest BCUT2D eigenvalue weighted by Crippen LogP contribution is -2.40. The number of hydrogen-bond acceptors (Lipinski definition) is 7. The van der Waals surface area contributed by atoms with Crippen LogP contribution in [0.4, 0.5) is 10.1 Å². The molecule has 0 aromatic heterocycles. The van der Waals surface area contributed by atoms with Gasteiger partial charge in [-0.2, -0.15) is 4.31 Å². The summed E-state index contributed by atoms with van der Waals surface area (Å²) in [6.07, 6.45) is 1.03. The molecule has 3 aromatic rings. The molecule has 1 amide bonds. The molecule has 0 radical (unpaired) electrons. The number of rotatable bonds is 11. The second kappa shape index (κ2) is 12.8. The summed E-state index contributed by atoms with van der Waals surface area (Å²) in [4.78, 5) is 12.7. The van der Waals surface area contributed by atoms with Crippen molar-refractivity contribution in [3.63, 3.8) is 0 Å². The van der Waals surface area contributed by atoms with E-state index >= 15 is 0 Å². The van der Waals surface area contributed by atoms with Gasteiger partial charge in [-0.25, -0.2) is 21.2 Å². The third kappa shape index (κ3) is 7.36. The van der Waals surface area contributed by atoms with Crippen LogP contribution in [-0.2, 0) is 31.3 Å². The maximum Gasteiger partial charge on any atom is 0.251 e. The molecule has 1 heterocycles. The summed E-state index contributed by atoms with van der Waals surface area (Å²) in [5.74, 6) is -0.444. The molecule has 1 fully saturated rings. The molecule has 1 N–H and O–H groups in total. The van der Waals surface area contributed by atoms with Crippen molar-refractivity contribution >= 4 is 31.6 Å². The van der Waals surface area contributed by atoms with Crippen molar-refractivity contribution in [3.05, 3.63) is 89.7 Å². The Bertz CT molecular complexity index is 1530. The molecule has 0 unspecified atom stereocenters. The van der Waals surface area contributed by atoms with Crippen LogP contribution in [0.15, 0.2) is 77.7 Å². The number of nitrogens with zero attached hydrogens (tertiary/aromatic N) is 2. The lowest BCUT2D eigenvalue weighted by atomic mass is 10.1. The van der Waals surface area contributed by atoms with E-state index in [2.05, 4.69) is 5.32 Å². The molecule has 0 bridgehead atoms. The van der Waals surface area contributed by atoms with Gasteiger partial charge in [0, 0.05) is 24.2 Å². The summed E-state index contributed by atoms with van der Waals surface area (Å²) in [6.45, 7) is 1.49. The molecule has 1 aliphatic rings. The summed E-state index contributed by atoms with van der Waals surface area (Å²) in [7, 11) is -7.31. The van der Waals surface area contributed by atoms with E-state index in [0.29, 0.717) is 43.3 Å². The Labute approximate surface area is 233 Å². The van der Waals surface area contributed by atoms with Gasteiger partial charge < -0.3 is 14.8 Å². The Kier molecular flexibility index (Phi) is 9.40. The first-order valence-electron chi connectivity index (χ1n) is 12.5. The average molecular weight is 592 g/mol. The van der Waals surface area contributed by atoms with Crippen molar-refractivity contribution in [1.82, 2.24) is 9.62 Å². The average Bonchev–Trinajstić information content (AvgIpc) is 2.95. The van der Waals surface area contributed by atoms with Gasteiger partial charge in [0.25, 0.3) is 5.91 Å². The van der Waals surface area contributed by atoms with Crippen LogP contribution in [0.2, 0.25) is 0 Å². The van der Waals surface area contributed by atoms with E-state index < -0.39 is 25.9 Å². The van der Waals surface area contributed by atoms with Crippen molar-refractivity contribution in [2.75, 3.05) is 50.0 Å². The highest BCUT2D eigenvalue weighted by Crippen LogP contribution is 2.23. The van der Waals surface area contributed by atoms with Crippen molar-refractivity contribution in [2.24, 2.45) is 0 Å². The molecule has 0 atom stereocenters. The first kappa shape index (κ1) is 29.5. The number of amides is 1. The Morgan fingerprint density at radius 1 is 0.975 bits per heavy atom. The number of ether oxygens (including phenoxy) is 2. The summed E-state index contributed by atoms with van der Waals surface area (Å²) in [6, 6.07) is 17.9. The highest BCUT2D eigenvalue weighted by atomic mass is 32.2. The number of nitrogens with one attached hydrogen (secondary N) is 1. The van der Waals surface area contributed by atoms with Crippen LogP contribution in [0, 0.1) is 5.82 Å². The zero-order valence-electron chi connectivity index (χ0n) is 21.8. The van der Waals surface area contributed by atoms with Gasteiger partial charge in [-0.05, 0) is 54.6 Å². The zero-order chi connectivity index (χ0) is 28.8. The van der Waals surface area contributed by atoms with Crippen LogP contribution >= 0.6 is 0 Å². The molecule has 3 aromatic carbocycles. The fourth-order valence-electron chi connectivity index (χ4n) is 4.04. The maximum atomic E-state index is 14.1. The fraction of sp³-hybridized carbons (Fsp3) is 0.296. The standard InChI is InChI=1S/C27H30FN3O7S2/c1-39(33,34)31(20-22-4-2-3-5-26(22)28)23-8-6-21(7-9-23)27(32)29-14-17-38-24-10-12-25(13-11-24)40(35,36)30-15-18-37-19-16-30/h2-13H,14-20H2,1H3,(H,29,32). The number of anilines is 1. The highest BCUT2D eigenvalue weighted by Gasteiger charge is 2.26. The van der Waals surface area contributed by atoms with E-state index in [-0.39, 0.29) is 36.1 Å². The molecule has 40 heavy (non-hydrogen) atoms. The summed E-state index contributed by atoms with van der Waals surface area (Å²) in [5.41, 5.74) is 0.827. The molecule has 10 nitrogen and oxygen atoms in total. The molecule has 13 heteroatoms. The van der Waals surface area contributed by atoms with E-state index in [4.69, 9.17) is 9.47 Å². The predicted octanol–water partition coefficient (Wildman–Crippen LogP) is 2.62. The third-order valence-corrected chi connectivity index (χ3v) is 9.23. The van der Waals surface area contributed by atoms with Crippen LogP contribution in [0.25, 0.3) is 0 Å². The predicted molar refractivity (Wildman–Crippen MR) is 148 cm³/mol. The van der Waals surface area contributed by atoms with Crippen molar-refractivity contribution in [2.45, 2.75) is 11.4 Å². The normalized spacial score (nSPS) is 14.4. The van der Waals surface area contributed by atoms with Crippen LogP contribution in [0.5, 0.6) is 5.75 Å². The maximum absolute atomic E-state index is 14.1. The first-order chi connectivity index (χ1) is 19.1. The molecule has 1 saturated heterocycles. The van der Waals surface area contributed by atoms with Crippen molar-refractivity contribution < 1.29 is 35.5 Å². The Balaban J connectivity index is 1.29. The fourth-order valence-corrected chi connectivity index (χ4v) is 6.33. The van der Waals surface area contributed by atoms with E-state index in [1.54, 1.807) is 18.2 Å². The lowest BCUT2D eigenvalue weighted by molar-refractivity contribution is 0.0730. The molecule has 4 rings (SSSR count). The van der Waals surface area contributed by atoms with Gasteiger partial charge >= 0.3 is 0 Å². The number of halogens is 1. The second-order valence-corrected chi connectivity index (χ2v) is 12.8. The number of sulfonamides is 2.